The highest BCUT2D eigenvalue weighted by molar-refractivity contribution is 8.00. The van der Waals surface area contributed by atoms with Crippen LogP contribution in [0.3, 0.4) is 0 Å². The molecule has 0 aliphatic rings. The van der Waals surface area contributed by atoms with Crippen molar-refractivity contribution in [3.63, 3.8) is 0 Å². The molecule has 0 spiro atoms. The molecule has 31 heavy (non-hydrogen) atoms. The first kappa shape index (κ1) is 22.5. The minimum Gasteiger partial charge on any atom is -0.478 e. The highest BCUT2D eigenvalue weighted by Gasteiger charge is 2.10. The number of aromatic nitrogens is 1. The van der Waals surface area contributed by atoms with Gasteiger partial charge in [-0.25, -0.2) is 9.78 Å². The van der Waals surface area contributed by atoms with Gasteiger partial charge in [-0.1, -0.05) is 29.8 Å². The number of thioether (sulfide) groups is 1. The van der Waals surface area contributed by atoms with E-state index in [9.17, 15) is 14.4 Å². The average Bonchev–Trinajstić information content (AvgIpc) is 3.20. The molecule has 0 saturated heterocycles. The number of hydrogen-bond donors (Lipinski definition) is 3. The smallest absolute Gasteiger partial charge is 0.328 e. The van der Waals surface area contributed by atoms with E-state index in [0.717, 1.165) is 22.6 Å². The fraction of sp³-hybridized carbons (Fsp3) is 0.0476. The summed E-state index contributed by atoms with van der Waals surface area (Å²) in [4.78, 5) is 39.5. The van der Waals surface area contributed by atoms with Crippen LogP contribution in [0, 0.1) is 0 Å². The van der Waals surface area contributed by atoms with Gasteiger partial charge < -0.3 is 15.7 Å². The lowest BCUT2D eigenvalue weighted by molar-refractivity contribution is -0.131. The molecule has 2 aromatic carbocycles. The SMILES string of the molecule is O=C(O)/C=C/C(=O)Nc1ccc(SCC(=O)Nc2nc(-c3ccccc3Cl)cs2)cc1. The van der Waals surface area contributed by atoms with E-state index in [-0.39, 0.29) is 11.7 Å². The van der Waals surface area contributed by atoms with Crippen LogP contribution in [0.4, 0.5) is 10.8 Å². The van der Waals surface area contributed by atoms with Gasteiger partial charge in [-0.05, 0) is 30.3 Å². The molecule has 3 N–H and O–H groups in total. The van der Waals surface area contributed by atoms with Gasteiger partial charge in [0.15, 0.2) is 5.13 Å². The second-order valence-corrected chi connectivity index (χ2v) is 8.35. The molecule has 0 aliphatic heterocycles. The van der Waals surface area contributed by atoms with Gasteiger partial charge in [0.25, 0.3) is 0 Å². The minimum atomic E-state index is -1.20. The molecule has 0 unspecified atom stereocenters. The van der Waals surface area contributed by atoms with Gasteiger partial charge in [0.05, 0.1) is 11.4 Å². The topological polar surface area (TPSA) is 108 Å². The largest absolute Gasteiger partial charge is 0.478 e. The third-order valence-electron chi connectivity index (χ3n) is 3.77. The van der Waals surface area contributed by atoms with Crippen molar-refractivity contribution in [2.24, 2.45) is 0 Å². The number of hydrogen-bond acceptors (Lipinski definition) is 6. The quantitative estimate of drug-likeness (QED) is 0.321. The van der Waals surface area contributed by atoms with E-state index in [2.05, 4.69) is 15.6 Å². The fourth-order valence-corrected chi connectivity index (χ4v) is 4.05. The van der Waals surface area contributed by atoms with Gasteiger partial charge in [-0.15, -0.1) is 23.1 Å². The van der Waals surface area contributed by atoms with Crippen molar-refractivity contribution in [1.82, 2.24) is 4.98 Å². The molecule has 2 amide bonds. The van der Waals surface area contributed by atoms with Crippen LogP contribution < -0.4 is 10.6 Å². The maximum Gasteiger partial charge on any atom is 0.328 e. The molecule has 0 fully saturated rings. The third-order valence-corrected chi connectivity index (χ3v) is 5.87. The summed E-state index contributed by atoms with van der Waals surface area (Å²) in [6.07, 6.45) is 1.70. The summed E-state index contributed by atoms with van der Waals surface area (Å²) in [5.74, 6) is -1.74. The van der Waals surface area contributed by atoms with E-state index in [4.69, 9.17) is 16.7 Å². The summed E-state index contributed by atoms with van der Waals surface area (Å²) in [6.45, 7) is 0. The molecule has 0 aliphatic carbocycles. The Kier molecular flexibility index (Phi) is 7.82. The number of carboxylic acids is 1. The fourth-order valence-electron chi connectivity index (χ4n) is 2.39. The normalized spacial score (nSPS) is 10.7. The number of nitrogens with zero attached hydrogens (tertiary/aromatic N) is 1. The van der Waals surface area contributed by atoms with E-state index in [1.54, 1.807) is 30.3 Å². The molecule has 1 heterocycles. The molecule has 10 heteroatoms. The summed E-state index contributed by atoms with van der Waals surface area (Å²) < 4.78 is 0. The number of anilines is 2. The van der Waals surface area contributed by atoms with Crippen molar-refractivity contribution in [1.29, 1.82) is 0 Å². The van der Waals surface area contributed by atoms with Crippen LogP contribution in [-0.4, -0.2) is 33.6 Å². The molecule has 0 saturated carbocycles. The monoisotopic (exact) mass is 473 g/mol. The summed E-state index contributed by atoms with van der Waals surface area (Å²) >= 11 is 8.84. The van der Waals surface area contributed by atoms with Crippen LogP contribution in [0.25, 0.3) is 11.3 Å². The summed E-state index contributed by atoms with van der Waals surface area (Å²) in [6, 6.07) is 14.2. The van der Waals surface area contributed by atoms with E-state index in [1.165, 1.54) is 23.1 Å². The predicted octanol–water partition coefficient (Wildman–Crippen LogP) is 4.77. The molecule has 1 aromatic heterocycles. The lowest BCUT2D eigenvalue weighted by atomic mass is 10.2. The van der Waals surface area contributed by atoms with Gasteiger partial charge in [-0.3, -0.25) is 9.59 Å². The number of carbonyl (C=O) groups excluding carboxylic acids is 2. The summed E-state index contributed by atoms with van der Waals surface area (Å²) in [7, 11) is 0. The number of rotatable bonds is 8. The summed E-state index contributed by atoms with van der Waals surface area (Å²) in [5, 5.41) is 16.8. The van der Waals surface area contributed by atoms with Crippen molar-refractivity contribution < 1.29 is 19.5 Å². The van der Waals surface area contributed by atoms with Gasteiger partial charge in [0, 0.05) is 38.7 Å². The standard InChI is InChI=1S/C21H16ClN3O4S2/c22-16-4-2-1-3-15(16)17-11-31-21(24-17)25-19(27)12-30-14-7-5-13(6-8-14)23-18(26)9-10-20(28)29/h1-11H,12H2,(H,23,26)(H,28,29)(H,24,25,27)/b10-9+. The molecule has 7 nitrogen and oxygen atoms in total. The lowest BCUT2D eigenvalue weighted by Gasteiger charge is -2.05. The molecule has 0 radical (unpaired) electrons. The summed E-state index contributed by atoms with van der Waals surface area (Å²) in [5.41, 5.74) is 2.03. The van der Waals surface area contributed by atoms with Gasteiger partial charge >= 0.3 is 5.97 Å². The molecule has 158 valence electrons. The van der Waals surface area contributed by atoms with E-state index in [0.29, 0.717) is 21.5 Å². The Morgan fingerprint density at radius 2 is 1.81 bits per heavy atom. The minimum absolute atomic E-state index is 0.189. The predicted molar refractivity (Wildman–Crippen MR) is 124 cm³/mol. The van der Waals surface area contributed by atoms with Crippen molar-refractivity contribution in [3.8, 4) is 11.3 Å². The van der Waals surface area contributed by atoms with Gasteiger partial charge in [0.2, 0.25) is 11.8 Å². The first-order valence-corrected chi connectivity index (χ1v) is 11.1. The maximum atomic E-state index is 12.2. The second-order valence-electron chi connectivity index (χ2n) is 6.04. The van der Waals surface area contributed by atoms with Crippen LogP contribution in [0.5, 0.6) is 0 Å². The van der Waals surface area contributed by atoms with Crippen molar-refractivity contribution in [2.45, 2.75) is 4.90 Å². The highest BCUT2D eigenvalue weighted by Crippen LogP contribution is 2.30. The van der Waals surface area contributed by atoms with Crippen molar-refractivity contribution in [2.75, 3.05) is 16.4 Å². The van der Waals surface area contributed by atoms with E-state index < -0.39 is 11.9 Å². The molecular weight excluding hydrogens is 458 g/mol. The average molecular weight is 474 g/mol. The van der Waals surface area contributed by atoms with Crippen LogP contribution in [0.1, 0.15) is 0 Å². The Labute approximate surface area is 191 Å². The number of carbonyl (C=O) groups is 3. The highest BCUT2D eigenvalue weighted by atomic mass is 35.5. The van der Waals surface area contributed by atoms with Crippen molar-refractivity contribution >= 4 is 63.3 Å². The first-order valence-electron chi connectivity index (χ1n) is 8.86. The third kappa shape index (κ3) is 6.95. The molecule has 3 rings (SSSR count). The Morgan fingerprint density at radius 3 is 2.52 bits per heavy atom. The Hall–Kier alpha value is -3.14. The maximum absolute atomic E-state index is 12.2. The zero-order valence-corrected chi connectivity index (χ0v) is 18.3. The molecular formula is C21H16ClN3O4S2. The van der Waals surface area contributed by atoms with Crippen molar-refractivity contribution in [3.05, 3.63) is 71.1 Å². The van der Waals surface area contributed by atoms with Crippen LogP contribution in [0.2, 0.25) is 5.02 Å². The number of nitrogens with one attached hydrogen (secondary N) is 2. The Morgan fingerprint density at radius 1 is 1.06 bits per heavy atom. The molecule has 0 atom stereocenters. The number of amides is 2. The Balaban J connectivity index is 1.49. The lowest BCUT2D eigenvalue weighted by Crippen LogP contribution is -2.13. The van der Waals surface area contributed by atoms with E-state index in [1.807, 2.05) is 23.6 Å². The van der Waals surface area contributed by atoms with Crippen LogP contribution in [0.15, 0.2) is 71.0 Å². The van der Waals surface area contributed by atoms with Gasteiger partial charge in [-0.2, -0.15) is 0 Å². The zero-order chi connectivity index (χ0) is 22.2. The number of benzene rings is 2. The van der Waals surface area contributed by atoms with Gasteiger partial charge in [0.1, 0.15) is 0 Å². The number of halogens is 1. The molecule has 0 bridgehead atoms. The first-order chi connectivity index (χ1) is 14.9. The van der Waals surface area contributed by atoms with Crippen LogP contribution >= 0.6 is 34.7 Å². The molecule has 3 aromatic rings. The Bertz CT molecular complexity index is 1130. The van der Waals surface area contributed by atoms with Crippen LogP contribution in [-0.2, 0) is 14.4 Å². The number of aliphatic carboxylic acids is 1. The number of thiazole rings is 1. The zero-order valence-electron chi connectivity index (χ0n) is 15.9. The second kappa shape index (κ2) is 10.8. The van der Waals surface area contributed by atoms with E-state index >= 15 is 0 Å². The number of carboxylic acid groups (broad SMARTS) is 1.